The molecule has 256 valence electrons. The molecule has 16 atom stereocenters. The smallest absolute Gasteiger partial charge is 0.198 e. The fourth-order valence-corrected chi connectivity index (χ4v) is 17.8. The van der Waals surface area contributed by atoms with Crippen molar-refractivity contribution in [1.82, 2.24) is 9.80 Å². The lowest BCUT2D eigenvalue weighted by atomic mass is 9.16. The lowest BCUT2D eigenvalue weighted by Crippen LogP contribution is -2.82. The van der Waals surface area contributed by atoms with Crippen LogP contribution < -0.4 is 5.46 Å². The predicted molar refractivity (Wildman–Crippen MR) is 197 cm³/mol. The maximum Gasteiger partial charge on any atom is 0.198 e. The van der Waals surface area contributed by atoms with Crippen molar-refractivity contribution in [2.75, 3.05) is 0 Å². The number of hydrogen-bond donors (Lipinski definition) is 0. The van der Waals surface area contributed by atoms with E-state index in [1.807, 2.05) is 5.46 Å². The van der Waals surface area contributed by atoms with Crippen molar-refractivity contribution in [3.63, 3.8) is 0 Å². The molecule has 3 nitrogen and oxygen atoms in total. The molecule has 0 bridgehead atoms. The molecule has 1 aromatic rings. The normalized spacial score (nSPS) is 51.9. The van der Waals surface area contributed by atoms with E-state index in [4.69, 9.17) is 4.99 Å². The van der Waals surface area contributed by atoms with Gasteiger partial charge in [0.05, 0.1) is 12.1 Å². The zero-order chi connectivity index (χ0) is 31.5. The van der Waals surface area contributed by atoms with E-state index in [0.29, 0.717) is 12.1 Å². The Bertz CT molecular complexity index is 1500. The third kappa shape index (κ3) is 3.58. The fourth-order valence-electron chi connectivity index (χ4n) is 17.8. The van der Waals surface area contributed by atoms with Crippen molar-refractivity contribution in [2.45, 2.75) is 177 Å². The fraction of sp³-hybridized carbons (Fsp3) is 0.841. The van der Waals surface area contributed by atoms with Gasteiger partial charge in [-0.15, -0.1) is 0 Å². The van der Waals surface area contributed by atoms with E-state index in [0.717, 1.165) is 89.7 Å². The van der Waals surface area contributed by atoms with Crippen molar-refractivity contribution in [2.24, 2.45) is 58.3 Å². The van der Waals surface area contributed by atoms with Gasteiger partial charge in [-0.25, -0.2) is 4.99 Å². The van der Waals surface area contributed by atoms with Crippen LogP contribution in [0.4, 0.5) is 0 Å². The lowest BCUT2D eigenvalue weighted by molar-refractivity contribution is -0.156. The highest BCUT2D eigenvalue weighted by molar-refractivity contribution is 6.77. The molecule has 7 aliphatic carbocycles. The van der Waals surface area contributed by atoms with Crippen molar-refractivity contribution in [1.29, 1.82) is 0 Å². The van der Waals surface area contributed by atoms with Crippen LogP contribution in [-0.2, 0) is 5.41 Å². The molecule has 1 aromatic carbocycles. The summed E-state index contributed by atoms with van der Waals surface area (Å²) in [4.78, 5) is 12.6. The van der Waals surface area contributed by atoms with Crippen LogP contribution in [0.2, 0.25) is 11.6 Å². The van der Waals surface area contributed by atoms with Gasteiger partial charge in [-0.1, -0.05) is 114 Å². The van der Waals surface area contributed by atoms with Gasteiger partial charge in [-0.2, -0.15) is 0 Å². The number of rotatable bonds is 0. The molecular formula is C44H62BN3. The van der Waals surface area contributed by atoms with Crippen LogP contribution in [0.1, 0.15) is 135 Å². The predicted octanol–water partition coefficient (Wildman–Crippen LogP) is 8.93. The molecule has 4 heteroatoms. The molecule has 11 aliphatic rings. The minimum Gasteiger partial charge on any atom is -0.337 e. The minimum absolute atomic E-state index is 0.262. The second-order valence-corrected chi connectivity index (χ2v) is 20.5. The van der Waals surface area contributed by atoms with Crippen molar-refractivity contribution in [3.05, 3.63) is 29.8 Å². The van der Waals surface area contributed by atoms with Gasteiger partial charge in [0.15, 0.2) is 12.7 Å². The number of hydrogen-bond acceptors (Lipinski definition) is 3. The summed E-state index contributed by atoms with van der Waals surface area (Å²) in [7, 11) is 0. The summed E-state index contributed by atoms with van der Waals surface area (Å²) >= 11 is 0. The van der Waals surface area contributed by atoms with Gasteiger partial charge in [0.25, 0.3) is 0 Å². The molecule has 0 aromatic heterocycles. The topological polar surface area (TPSA) is 18.8 Å². The van der Waals surface area contributed by atoms with Crippen LogP contribution in [0.3, 0.4) is 0 Å². The van der Waals surface area contributed by atoms with Crippen LogP contribution in [-0.4, -0.2) is 52.7 Å². The van der Waals surface area contributed by atoms with Gasteiger partial charge in [-0.05, 0) is 115 Å². The van der Waals surface area contributed by atoms with Gasteiger partial charge in [0.1, 0.15) is 0 Å². The zero-order valence-electron chi connectivity index (χ0n) is 30.2. The van der Waals surface area contributed by atoms with Crippen molar-refractivity contribution in [3.8, 4) is 0 Å². The molecule has 48 heavy (non-hydrogen) atoms. The Morgan fingerprint density at radius 3 is 2.17 bits per heavy atom. The monoisotopic (exact) mass is 644 g/mol. The van der Waals surface area contributed by atoms with Crippen LogP contribution >= 0.6 is 0 Å². The highest BCUT2D eigenvalue weighted by Crippen LogP contribution is 2.71. The summed E-state index contributed by atoms with van der Waals surface area (Å²) < 4.78 is 0. The van der Waals surface area contributed by atoms with E-state index in [1.54, 1.807) is 24.4 Å². The van der Waals surface area contributed by atoms with Crippen LogP contribution in [0.15, 0.2) is 29.3 Å². The summed E-state index contributed by atoms with van der Waals surface area (Å²) in [6, 6.07) is 13.7. The number of nitrogens with zero attached hydrogens (tertiary/aromatic N) is 3. The average Bonchev–Trinajstić information content (AvgIpc) is 3.52. The maximum atomic E-state index is 6.07. The van der Waals surface area contributed by atoms with Gasteiger partial charge < -0.3 is 9.80 Å². The Balaban J connectivity index is 1.12. The molecule has 0 radical (unpaired) electrons. The molecular weight excluding hydrogens is 581 g/mol. The SMILES string of the molecule is CC1(C)c2ccccc2B2C3C4CCCCC4C4C5CCCCC5CC5C4C3N(C3=NC4CCCCC4N35)C3C4CCCCC4CC1C23. The largest absolute Gasteiger partial charge is 0.337 e. The summed E-state index contributed by atoms with van der Waals surface area (Å²) in [5, 5.41) is 0. The van der Waals surface area contributed by atoms with Gasteiger partial charge in [0.2, 0.25) is 0 Å². The molecule has 0 N–H and O–H groups in total. The molecule has 7 saturated carbocycles. The number of aliphatic imine (C=N–C) groups is 1. The first-order chi connectivity index (χ1) is 23.6. The van der Waals surface area contributed by atoms with Gasteiger partial charge >= 0.3 is 0 Å². The first-order valence-corrected chi connectivity index (χ1v) is 21.8. The highest BCUT2D eigenvalue weighted by Gasteiger charge is 2.73. The van der Waals surface area contributed by atoms with Crippen LogP contribution in [0, 0.1) is 53.3 Å². The van der Waals surface area contributed by atoms with Crippen molar-refractivity contribution < 1.29 is 0 Å². The Morgan fingerprint density at radius 1 is 0.625 bits per heavy atom. The Labute approximate surface area is 291 Å². The zero-order valence-corrected chi connectivity index (χ0v) is 30.2. The van der Waals surface area contributed by atoms with E-state index in [2.05, 4.69) is 47.9 Å². The third-order valence-corrected chi connectivity index (χ3v) is 18.9. The van der Waals surface area contributed by atoms with E-state index >= 15 is 0 Å². The summed E-state index contributed by atoms with van der Waals surface area (Å²) in [5.41, 5.74) is 3.86. The summed E-state index contributed by atoms with van der Waals surface area (Å²) in [6.07, 6.45) is 26.8. The maximum absolute atomic E-state index is 6.07. The Hall–Kier alpha value is -1.45. The molecule has 2 saturated heterocycles. The molecule has 9 fully saturated rings. The molecule has 4 heterocycles. The van der Waals surface area contributed by atoms with Crippen molar-refractivity contribution >= 4 is 18.1 Å². The summed E-state index contributed by atoms with van der Waals surface area (Å²) in [5.74, 6) is 11.7. The van der Waals surface area contributed by atoms with E-state index in [-0.39, 0.29) is 5.41 Å². The van der Waals surface area contributed by atoms with Crippen LogP contribution in [0.5, 0.6) is 0 Å². The Kier molecular flexibility index (Phi) is 6.28. The van der Waals surface area contributed by atoms with E-state index in [9.17, 15) is 0 Å². The number of benzene rings is 1. The molecule has 12 rings (SSSR count). The standard InChI is InChI=1S/C44H62BN3/c1-44(2)31-19-9-10-20-33(31)45-39-30-18-8-7-17-29(30)37-27-15-5-3-14-26(27)24-36-38(37)42(39)48(43-46-34-21-11-12-22-35(34)47(36)43)41-28-16-6-4-13-25(28)23-32(44)40(41)45/h9-10,19-20,25-30,32,34-42H,3-8,11-18,21-24H2,1-2H3. The van der Waals surface area contributed by atoms with Crippen LogP contribution in [0.25, 0.3) is 0 Å². The van der Waals surface area contributed by atoms with E-state index < -0.39 is 0 Å². The first-order valence-electron chi connectivity index (χ1n) is 21.8. The second kappa shape index (κ2) is 10.3. The second-order valence-electron chi connectivity index (χ2n) is 20.5. The number of fused-ring (bicyclic) bond motifs is 16. The van der Waals surface area contributed by atoms with E-state index in [1.165, 1.54) is 103 Å². The molecule has 16 unspecified atom stereocenters. The quantitative estimate of drug-likeness (QED) is 0.263. The van der Waals surface area contributed by atoms with Gasteiger partial charge in [-0.3, -0.25) is 0 Å². The summed E-state index contributed by atoms with van der Waals surface area (Å²) in [6.45, 7) is 6.17. The minimum atomic E-state index is 0.262. The van der Waals surface area contributed by atoms with Gasteiger partial charge in [0, 0.05) is 24.0 Å². The Morgan fingerprint density at radius 2 is 1.31 bits per heavy atom. The number of guanidine groups is 1. The molecule has 0 amide bonds. The molecule has 4 aliphatic heterocycles. The third-order valence-electron chi connectivity index (χ3n) is 18.9. The highest BCUT2D eigenvalue weighted by atomic mass is 15.5. The first kappa shape index (κ1) is 29.2. The lowest BCUT2D eigenvalue weighted by Gasteiger charge is -2.75. The average molecular weight is 644 g/mol. The molecule has 0 spiro atoms.